The van der Waals surface area contributed by atoms with Crippen molar-refractivity contribution in [3.05, 3.63) is 0 Å². The third-order valence-corrected chi connectivity index (χ3v) is 4.32. The Balaban J connectivity index is 1.85. The molecule has 0 spiro atoms. The SMILES string of the molecule is C[C@]12CN(CCN)CCN(CN(CCNCCN)C1)C2. The summed E-state index contributed by atoms with van der Waals surface area (Å²) in [4.78, 5) is 7.72. The largest absolute Gasteiger partial charge is 0.329 e. The molecule has 20 heavy (non-hydrogen) atoms. The molecule has 5 N–H and O–H groups in total. The summed E-state index contributed by atoms with van der Waals surface area (Å²) in [6.07, 6.45) is 0. The Labute approximate surface area is 123 Å². The van der Waals surface area contributed by atoms with E-state index in [9.17, 15) is 0 Å². The van der Waals surface area contributed by atoms with Crippen molar-refractivity contribution < 1.29 is 0 Å². The molecule has 0 aromatic carbocycles. The molecule has 2 fully saturated rings. The number of rotatable bonds is 7. The minimum absolute atomic E-state index is 0.373. The van der Waals surface area contributed by atoms with Gasteiger partial charge in [0, 0.05) is 77.4 Å². The lowest BCUT2D eigenvalue weighted by Gasteiger charge is -2.45. The predicted octanol–water partition coefficient (Wildman–Crippen LogP) is -1.61. The number of fused-ring (bicyclic) bond motifs is 2. The van der Waals surface area contributed by atoms with Crippen molar-refractivity contribution in [3.63, 3.8) is 0 Å². The van der Waals surface area contributed by atoms with E-state index in [0.29, 0.717) is 5.41 Å². The van der Waals surface area contributed by atoms with Crippen LogP contribution in [0.5, 0.6) is 0 Å². The zero-order valence-electron chi connectivity index (χ0n) is 13.0. The van der Waals surface area contributed by atoms with Gasteiger partial charge in [0.1, 0.15) is 0 Å². The molecule has 0 aliphatic carbocycles. The van der Waals surface area contributed by atoms with E-state index in [2.05, 4.69) is 26.9 Å². The van der Waals surface area contributed by atoms with Crippen molar-refractivity contribution in [3.8, 4) is 0 Å². The highest BCUT2D eigenvalue weighted by Gasteiger charge is 2.38. The molecule has 0 aromatic rings. The molecule has 1 unspecified atom stereocenters. The quantitative estimate of drug-likeness (QED) is 0.489. The van der Waals surface area contributed by atoms with Crippen LogP contribution < -0.4 is 16.8 Å². The van der Waals surface area contributed by atoms with Gasteiger partial charge in [0.2, 0.25) is 0 Å². The van der Waals surface area contributed by atoms with Gasteiger partial charge in [0.15, 0.2) is 0 Å². The molecule has 0 radical (unpaired) electrons. The van der Waals surface area contributed by atoms with Gasteiger partial charge < -0.3 is 21.7 Å². The van der Waals surface area contributed by atoms with Gasteiger partial charge >= 0.3 is 0 Å². The Hall–Kier alpha value is -0.240. The molecule has 2 aliphatic heterocycles. The van der Waals surface area contributed by atoms with Crippen molar-refractivity contribution in [2.45, 2.75) is 6.92 Å². The minimum Gasteiger partial charge on any atom is -0.329 e. The molecule has 2 bridgehead atoms. The van der Waals surface area contributed by atoms with Gasteiger partial charge in [-0.05, 0) is 0 Å². The van der Waals surface area contributed by atoms with Gasteiger partial charge in [-0.15, -0.1) is 0 Å². The summed E-state index contributed by atoms with van der Waals surface area (Å²) in [6.45, 7) is 15.0. The van der Waals surface area contributed by atoms with Crippen LogP contribution in [0.4, 0.5) is 0 Å². The summed E-state index contributed by atoms with van der Waals surface area (Å²) >= 11 is 0. The summed E-state index contributed by atoms with van der Waals surface area (Å²) in [5, 5.41) is 3.39. The van der Waals surface area contributed by atoms with Crippen LogP contribution in [-0.2, 0) is 0 Å². The fourth-order valence-corrected chi connectivity index (χ4v) is 3.65. The van der Waals surface area contributed by atoms with Crippen molar-refractivity contribution in [2.75, 3.05) is 78.7 Å². The molecule has 6 heteroatoms. The fourth-order valence-electron chi connectivity index (χ4n) is 3.65. The maximum Gasteiger partial charge on any atom is 0.0507 e. The van der Waals surface area contributed by atoms with E-state index in [1.807, 2.05) is 0 Å². The summed E-state index contributed by atoms with van der Waals surface area (Å²) in [5.74, 6) is 0. The van der Waals surface area contributed by atoms with Gasteiger partial charge in [0.05, 0.1) is 6.67 Å². The summed E-state index contributed by atoms with van der Waals surface area (Å²) < 4.78 is 0. The number of nitrogens with zero attached hydrogens (tertiary/aromatic N) is 3. The first-order valence-corrected chi connectivity index (χ1v) is 7.93. The van der Waals surface area contributed by atoms with Crippen LogP contribution in [0.3, 0.4) is 0 Å². The smallest absolute Gasteiger partial charge is 0.0507 e. The Morgan fingerprint density at radius 1 is 0.950 bits per heavy atom. The fraction of sp³-hybridized carbons (Fsp3) is 1.00. The molecule has 2 saturated heterocycles. The van der Waals surface area contributed by atoms with Gasteiger partial charge in [-0.25, -0.2) is 0 Å². The first-order chi connectivity index (χ1) is 9.65. The van der Waals surface area contributed by atoms with Crippen molar-refractivity contribution in [1.82, 2.24) is 20.0 Å². The zero-order chi connectivity index (χ0) is 14.4. The highest BCUT2D eigenvalue weighted by molar-refractivity contribution is 4.92. The summed E-state index contributed by atoms with van der Waals surface area (Å²) in [7, 11) is 0. The second-order valence-electron chi connectivity index (χ2n) is 6.66. The van der Waals surface area contributed by atoms with E-state index in [-0.39, 0.29) is 0 Å². The topological polar surface area (TPSA) is 73.8 Å². The molecule has 6 nitrogen and oxygen atoms in total. The second-order valence-corrected chi connectivity index (χ2v) is 6.66. The van der Waals surface area contributed by atoms with E-state index in [4.69, 9.17) is 11.5 Å². The maximum atomic E-state index is 5.73. The third-order valence-electron chi connectivity index (χ3n) is 4.32. The van der Waals surface area contributed by atoms with Gasteiger partial charge in [0.25, 0.3) is 0 Å². The van der Waals surface area contributed by atoms with Gasteiger partial charge in [-0.1, -0.05) is 6.92 Å². The molecule has 0 saturated carbocycles. The number of nitrogens with one attached hydrogen (secondary N) is 1. The van der Waals surface area contributed by atoms with Gasteiger partial charge in [-0.2, -0.15) is 0 Å². The monoisotopic (exact) mass is 284 g/mol. The van der Waals surface area contributed by atoms with Crippen LogP contribution in [-0.4, -0.2) is 93.4 Å². The van der Waals surface area contributed by atoms with E-state index in [1.54, 1.807) is 0 Å². The number of nitrogens with two attached hydrogens (primary N) is 2. The molecule has 2 atom stereocenters. The molecule has 118 valence electrons. The lowest BCUT2D eigenvalue weighted by molar-refractivity contribution is 0.0112. The van der Waals surface area contributed by atoms with Gasteiger partial charge in [-0.3, -0.25) is 9.80 Å². The lowest BCUT2D eigenvalue weighted by atomic mass is 9.87. The van der Waals surface area contributed by atoms with Crippen molar-refractivity contribution in [1.29, 1.82) is 0 Å². The normalized spacial score (nSPS) is 32.2. The van der Waals surface area contributed by atoms with E-state index in [1.165, 1.54) is 26.2 Å². The standard InChI is InChI=1S/C14H32N6/c1-14-10-18(6-3-16)8-9-20(12-14)13-19(11-14)7-5-17-4-2-15/h17H,2-13,15-16H2,1H3/t14-/m0/s1. The van der Waals surface area contributed by atoms with Crippen molar-refractivity contribution in [2.24, 2.45) is 16.9 Å². The Bertz CT molecular complexity index is 287. The predicted molar refractivity (Wildman–Crippen MR) is 83.5 cm³/mol. The first kappa shape index (κ1) is 16.1. The highest BCUT2D eigenvalue weighted by Crippen LogP contribution is 2.28. The Morgan fingerprint density at radius 2 is 1.75 bits per heavy atom. The first-order valence-electron chi connectivity index (χ1n) is 7.93. The minimum atomic E-state index is 0.373. The van der Waals surface area contributed by atoms with E-state index < -0.39 is 0 Å². The maximum absolute atomic E-state index is 5.73. The molecule has 2 rings (SSSR count). The van der Waals surface area contributed by atoms with Crippen LogP contribution in [0.15, 0.2) is 0 Å². The Morgan fingerprint density at radius 3 is 2.50 bits per heavy atom. The number of hydrogen-bond acceptors (Lipinski definition) is 6. The van der Waals surface area contributed by atoms with Crippen molar-refractivity contribution >= 4 is 0 Å². The molecule has 0 amide bonds. The third kappa shape index (κ3) is 4.65. The van der Waals surface area contributed by atoms with Crippen LogP contribution in [0.1, 0.15) is 6.92 Å². The Kier molecular flexibility index (Phi) is 6.20. The lowest BCUT2D eigenvalue weighted by Crippen LogP contribution is -2.56. The molecular weight excluding hydrogens is 252 g/mol. The molecule has 2 heterocycles. The van der Waals surface area contributed by atoms with Crippen LogP contribution in [0, 0.1) is 5.41 Å². The molecule has 2 aliphatic rings. The summed E-state index contributed by atoms with van der Waals surface area (Å²) in [5.41, 5.74) is 11.6. The second kappa shape index (κ2) is 7.68. The molecule has 0 aromatic heterocycles. The van der Waals surface area contributed by atoms with E-state index in [0.717, 1.165) is 52.5 Å². The summed E-state index contributed by atoms with van der Waals surface area (Å²) in [6, 6.07) is 0. The van der Waals surface area contributed by atoms with Crippen LogP contribution in [0.25, 0.3) is 0 Å². The average Bonchev–Trinajstić information content (AvgIpc) is 2.51. The molecular formula is C14H32N6. The average molecular weight is 284 g/mol. The van der Waals surface area contributed by atoms with Crippen LogP contribution >= 0.6 is 0 Å². The van der Waals surface area contributed by atoms with Crippen LogP contribution in [0.2, 0.25) is 0 Å². The number of hydrogen-bond donors (Lipinski definition) is 3. The van der Waals surface area contributed by atoms with E-state index >= 15 is 0 Å². The zero-order valence-corrected chi connectivity index (χ0v) is 13.0. The highest BCUT2D eigenvalue weighted by atomic mass is 15.4.